The zero-order valence-electron chi connectivity index (χ0n) is 18.9. The summed E-state index contributed by atoms with van der Waals surface area (Å²) in [7, 11) is 0. The second-order valence-electron chi connectivity index (χ2n) is 8.11. The fraction of sp³-hybridized carbons (Fsp3) is 0.296. The van der Waals surface area contributed by atoms with E-state index in [1.807, 2.05) is 48.3 Å². The number of carbonyl (C=O) groups excluding carboxylic acids is 1. The second-order valence-corrected chi connectivity index (χ2v) is 9.28. The summed E-state index contributed by atoms with van der Waals surface area (Å²) in [5.41, 5.74) is 3.55. The van der Waals surface area contributed by atoms with E-state index in [4.69, 9.17) is 5.10 Å². The quantitative estimate of drug-likeness (QED) is 0.250. The van der Waals surface area contributed by atoms with E-state index in [1.54, 1.807) is 15.7 Å². The molecule has 4 rings (SSSR count). The molecule has 1 fully saturated rings. The van der Waals surface area contributed by atoms with Crippen molar-refractivity contribution in [2.45, 2.75) is 37.5 Å². The number of nitrogens with zero attached hydrogens (tertiary/aromatic N) is 4. The molecule has 1 aromatic heterocycles. The van der Waals surface area contributed by atoms with Crippen LogP contribution in [0.5, 0.6) is 0 Å². The zero-order valence-corrected chi connectivity index (χ0v) is 19.7. The molecule has 0 unspecified atom stereocenters. The molecule has 0 aliphatic carbocycles. The van der Waals surface area contributed by atoms with Crippen molar-refractivity contribution < 1.29 is 4.79 Å². The van der Waals surface area contributed by atoms with Crippen molar-refractivity contribution in [1.29, 1.82) is 5.26 Å². The molecule has 5 nitrogen and oxygen atoms in total. The molecular weight excluding hydrogens is 428 g/mol. The number of nitriles is 1. The van der Waals surface area contributed by atoms with Crippen LogP contribution in [0.3, 0.4) is 0 Å². The van der Waals surface area contributed by atoms with Gasteiger partial charge in [-0.05, 0) is 61.8 Å². The van der Waals surface area contributed by atoms with Crippen molar-refractivity contribution in [3.05, 3.63) is 71.9 Å². The molecule has 0 radical (unpaired) electrons. The summed E-state index contributed by atoms with van der Waals surface area (Å²) >= 11 is 1.83. The van der Waals surface area contributed by atoms with Crippen LogP contribution in [-0.2, 0) is 4.79 Å². The summed E-state index contributed by atoms with van der Waals surface area (Å²) in [5, 5.41) is 14.6. The van der Waals surface area contributed by atoms with E-state index in [9.17, 15) is 10.1 Å². The predicted octanol–water partition coefficient (Wildman–Crippen LogP) is 5.96. The molecule has 1 saturated heterocycles. The van der Waals surface area contributed by atoms with Gasteiger partial charge in [-0.25, -0.2) is 4.68 Å². The molecule has 0 N–H and O–H groups in total. The number of likely N-dealkylation sites (tertiary alicyclic amines) is 1. The first-order valence-electron chi connectivity index (χ1n) is 11.5. The number of hydrogen-bond donors (Lipinski definition) is 0. The molecule has 1 amide bonds. The van der Waals surface area contributed by atoms with Crippen LogP contribution in [0.1, 0.15) is 38.2 Å². The number of piperidine rings is 1. The van der Waals surface area contributed by atoms with Gasteiger partial charge in [-0.2, -0.15) is 10.4 Å². The van der Waals surface area contributed by atoms with E-state index < -0.39 is 0 Å². The highest BCUT2D eigenvalue weighted by molar-refractivity contribution is 7.99. The van der Waals surface area contributed by atoms with Crippen LogP contribution < -0.4 is 0 Å². The van der Waals surface area contributed by atoms with Gasteiger partial charge in [0.25, 0.3) is 5.91 Å². The third kappa shape index (κ3) is 5.55. The number of thioether (sulfide) groups is 1. The number of aromatic nitrogens is 2. The molecule has 3 aromatic rings. The third-order valence-corrected chi connectivity index (χ3v) is 6.88. The smallest absolute Gasteiger partial charge is 0.264 e. The monoisotopic (exact) mass is 456 g/mol. The molecular formula is C27H28N4OS. The molecule has 33 heavy (non-hydrogen) atoms. The van der Waals surface area contributed by atoms with Gasteiger partial charge >= 0.3 is 0 Å². The van der Waals surface area contributed by atoms with Gasteiger partial charge in [0.05, 0.1) is 11.4 Å². The van der Waals surface area contributed by atoms with Gasteiger partial charge in [0.2, 0.25) is 0 Å². The van der Waals surface area contributed by atoms with Crippen molar-refractivity contribution in [3.63, 3.8) is 0 Å². The lowest BCUT2D eigenvalue weighted by molar-refractivity contribution is -0.127. The number of para-hydroxylation sites is 1. The maximum atomic E-state index is 13.0. The van der Waals surface area contributed by atoms with Gasteiger partial charge in [-0.1, -0.05) is 37.3 Å². The number of rotatable bonds is 7. The highest BCUT2D eigenvalue weighted by atomic mass is 32.2. The van der Waals surface area contributed by atoms with Crippen molar-refractivity contribution >= 4 is 23.7 Å². The highest BCUT2D eigenvalue weighted by Gasteiger charge is 2.21. The Morgan fingerprint density at radius 2 is 1.82 bits per heavy atom. The van der Waals surface area contributed by atoms with Crippen LogP contribution in [0.25, 0.3) is 23.0 Å². The summed E-state index contributed by atoms with van der Waals surface area (Å²) in [5.74, 6) is 0.891. The van der Waals surface area contributed by atoms with Crippen LogP contribution in [0.2, 0.25) is 0 Å². The fourth-order valence-corrected chi connectivity index (χ4v) is 4.69. The predicted molar refractivity (Wildman–Crippen MR) is 134 cm³/mol. The Hall–Kier alpha value is -3.30. The van der Waals surface area contributed by atoms with Crippen molar-refractivity contribution in [2.24, 2.45) is 0 Å². The Kier molecular flexibility index (Phi) is 7.64. The molecule has 0 atom stereocenters. The summed E-state index contributed by atoms with van der Waals surface area (Å²) in [4.78, 5) is 16.0. The molecule has 6 heteroatoms. The average molecular weight is 457 g/mol. The highest BCUT2D eigenvalue weighted by Crippen LogP contribution is 2.29. The molecule has 2 aromatic carbocycles. The maximum absolute atomic E-state index is 13.0. The van der Waals surface area contributed by atoms with Crippen molar-refractivity contribution in [2.75, 3.05) is 18.8 Å². The molecule has 0 saturated carbocycles. The van der Waals surface area contributed by atoms with Gasteiger partial charge in [-0.3, -0.25) is 4.79 Å². The molecule has 1 aliphatic heterocycles. The van der Waals surface area contributed by atoms with E-state index >= 15 is 0 Å². The second kappa shape index (κ2) is 11.0. The molecule has 168 valence electrons. The van der Waals surface area contributed by atoms with Gasteiger partial charge < -0.3 is 4.90 Å². The summed E-state index contributed by atoms with van der Waals surface area (Å²) in [6.45, 7) is 3.60. The Labute approximate surface area is 199 Å². The lowest BCUT2D eigenvalue weighted by atomic mass is 10.0. The molecule has 0 bridgehead atoms. The van der Waals surface area contributed by atoms with Gasteiger partial charge in [0, 0.05) is 35.3 Å². The van der Waals surface area contributed by atoms with Crippen LogP contribution >= 0.6 is 11.8 Å². The van der Waals surface area contributed by atoms with Crippen LogP contribution in [0.15, 0.2) is 71.3 Å². The van der Waals surface area contributed by atoms with E-state index in [2.05, 4.69) is 37.3 Å². The minimum absolute atomic E-state index is 0.154. The molecule has 2 heterocycles. The standard InChI is InChI=1S/C27H28N4OS/c1-2-17-33-25-13-11-21(12-14-25)26-23(20-31(29-26)24-9-5-3-6-10-24)18-22(19-28)27(32)30-15-7-4-8-16-30/h3,5-6,9-14,18,20H,2,4,7-8,15-17H2,1H3. The molecule has 1 aliphatic rings. The first-order valence-corrected chi connectivity index (χ1v) is 12.5. The normalized spacial score (nSPS) is 14.2. The Morgan fingerprint density at radius 3 is 2.48 bits per heavy atom. The largest absolute Gasteiger partial charge is 0.338 e. The van der Waals surface area contributed by atoms with E-state index in [1.165, 1.54) is 4.90 Å². The fourth-order valence-electron chi connectivity index (χ4n) is 3.92. The summed E-state index contributed by atoms with van der Waals surface area (Å²) in [6.07, 6.45) is 7.83. The van der Waals surface area contributed by atoms with Crippen molar-refractivity contribution in [1.82, 2.24) is 14.7 Å². The Morgan fingerprint density at radius 1 is 1.09 bits per heavy atom. The third-order valence-electron chi connectivity index (χ3n) is 5.66. The first-order chi connectivity index (χ1) is 16.2. The van der Waals surface area contributed by atoms with Crippen LogP contribution in [-0.4, -0.2) is 39.4 Å². The summed E-state index contributed by atoms with van der Waals surface area (Å²) < 4.78 is 1.81. The van der Waals surface area contributed by atoms with Gasteiger partial charge in [0.15, 0.2) is 0 Å². The van der Waals surface area contributed by atoms with E-state index in [0.717, 1.165) is 53.9 Å². The van der Waals surface area contributed by atoms with Gasteiger partial charge in [-0.15, -0.1) is 11.8 Å². The Bertz CT molecular complexity index is 1150. The van der Waals surface area contributed by atoms with Crippen LogP contribution in [0, 0.1) is 11.3 Å². The SMILES string of the molecule is CCCSc1ccc(-c2nn(-c3ccccc3)cc2C=C(C#N)C(=O)N2CCCCC2)cc1. The minimum atomic E-state index is -0.193. The van der Waals surface area contributed by atoms with Gasteiger partial charge in [0.1, 0.15) is 11.6 Å². The van der Waals surface area contributed by atoms with E-state index in [0.29, 0.717) is 13.1 Å². The first kappa shape index (κ1) is 22.9. The summed E-state index contributed by atoms with van der Waals surface area (Å²) in [6, 6.07) is 20.3. The number of hydrogen-bond acceptors (Lipinski definition) is 4. The lowest BCUT2D eigenvalue weighted by Gasteiger charge is -2.26. The number of carbonyl (C=O) groups is 1. The topological polar surface area (TPSA) is 61.9 Å². The minimum Gasteiger partial charge on any atom is -0.338 e. The zero-order chi connectivity index (χ0) is 23.0. The number of amides is 1. The lowest BCUT2D eigenvalue weighted by Crippen LogP contribution is -2.36. The number of benzene rings is 2. The maximum Gasteiger partial charge on any atom is 0.264 e. The molecule has 0 spiro atoms. The average Bonchev–Trinajstić information content (AvgIpc) is 3.31. The van der Waals surface area contributed by atoms with E-state index in [-0.39, 0.29) is 11.5 Å². The van der Waals surface area contributed by atoms with Crippen LogP contribution in [0.4, 0.5) is 0 Å². The Balaban J connectivity index is 1.72. The van der Waals surface area contributed by atoms with Crippen molar-refractivity contribution in [3.8, 4) is 23.0 Å².